The molecular formula is C13H16FNO2. The molecule has 1 aromatic rings. The molecule has 0 aliphatic carbocycles. The molecule has 2 rings (SSSR count). The summed E-state index contributed by atoms with van der Waals surface area (Å²) in [7, 11) is 0. The van der Waals surface area contributed by atoms with Gasteiger partial charge >= 0.3 is 5.97 Å². The number of alkyl halides is 1. The van der Waals surface area contributed by atoms with Crippen LogP contribution in [0.25, 0.3) is 0 Å². The lowest BCUT2D eigenvalue weighted by molar-refractivity contribution is -0.141. The number of hydrogen-bond donors (Lipinski definition) is 2. The summed E-state index contributed by atoms with van der Waals surface area (Å²) in [5.74, 6) is -1.08. The van der Waals surface area contributed by atoms with Crippen LogP contribution in [-0.2, 0) is 4.79 Å². The van der Waals surface area contributed by atoms with Crippen LogP contribution in [0.2, 0.25) is 0 Å². The average molecular weight is 237 g/mol. The molecule has 0 bridgehead atoms. The molecule has 3 nitrogen and oxygen atoms in total. The quantitative estimate of drug-likeness (QED) is 0.849. The molecule has 1 aliphatic rings. The molecule has 92 valence electrons. The minimum Gasteiger partial charge on any atom is -0.481 e. The fraction of sp³-hybridized carbons (Fsp3) is 0.462. The molecule has 0 spiro atoms. The van der Waals surface area contributed by atoms with Crippen molar-refractivity contribution in [3.8, 4) is 0 Å². The van der Waals surface area contributed by atoms with Crippen LogP contribution in [0.15, 0.2) is 24.3 Å². The summed E-state index contributed by atoms with van der Waals surface area (Å²) in [5, 5.41) is 12.1. The highest BCUT2D eigenvalue weighted by atomic mass is 19.1. The van der Waals surface area contributed by atoms with E-state index in [1.54, 1.807) is 12.1 Å². The third kappa shape index (κ3) is 2.64. The van der Waals surface area contributed by atoms with Gasteiger partial charge < -0.3 is 10.4 Å². The molecule has 3 atom stereocenters. The highest BCUT2D eigenvalue weighted by molar-refractivity contribution is 5.70. The molecule has 1 aliphatic heterocycles. The molecule has 3 unspecified atom stereocenters. The van der Waals surface area contributed by atoms with Gasteiger partial charge in [0.05, 0.1) is 5.92 Å². The van der Waals surface area contributed by atoms with E-state index >= 15 is 0 Å². The topological polar surface area (TPSA) is 49.3 Å². The molecule has 1 aromatic carbocycles. The van der Waals surface area contributed by atoms with Gasteiger partial charge in [-0.3, -0.25) is 4.79 Å². The monoisotopic (exact) mass is 237 g/mol. The van der Waals surface area contributed by atoms with E-state index in [-0.39, 0.29) is 12.0 Å². The Balaban J connectivity index is 2.06. The second-order valence-electron chi connectivity index (χ2n) is 4.51. The summed E-state index contributed by atoms with van der Waals surface area (Å²) in [6, 6.07) is 7.33. The molecule has 0 aromatic heterocycles. The first-order valence-electron chi connectivity index (χ1n) is 5.78. The van der Waals surface area contributed by atoms with Crippen molar-refractivity contribution in [2.75, 3.05) is 6.54 Å². The Labute approximate surface area is 99.7 Å². The lowest BCUT2D eigenvalue weighted by atomic mass is 9.98. The van der Waals surface area contributed by atoms with E-state index in [0.29, 0.717) is 18.5 Å². The van der Waals surface area contributed by atoms with Crippen molar-refractivity contribution in [1.29, 1.82) is 0 Å². The number of halogens is 1. The summed E-state index contributed by atoms with van der Waals surface area (Å²) in [4.78, 5) is 10.8. The first kappa shape index (κ1) is 12.0. The summed E-state index contributed by atoms with van der Waals surface area (Å²) < 4.78 is 13.0. The predicted molar refractivity (Wildman–Crippen MR) is 62.5 cm³/mol. The number of carboxylic acids is 1. The first-order valence-corrected chi connectivity index (χ1v) is 5.78. The third-order valence-electron chi connectivity index (χ3n) is 3.28. The largest absolute Gasteiger partial charge is 0.481 e. The van der Waals surface area contributed by atoms with Gasteiger partial charge in [0, 0.05) is 12.6 Å². The minimum absolute atomic E-state index is 0.0695. The van der Waals surface area contributed by atoms with Gasteiger partial charge in [-0.1, -0.05) is 24.3 Å². The molecule has 0 amide bonds. The summed E-state index contributed by atoms with van der Waals surface area (Å²) in [6.07, 6.45) is -0.368. The van der Waals surface area contributed by atoms with Crippen LogP contribution < -0.4 is 5.32 Å². The van der Waals surface area contributed by atoms with Gasteiger partial charge in [-0.15, -0.1) is 0 Å². The standard InChI is InChI=1S/C13H16FNO2/c1-8(14)9-2-4-10(5-3-9)12-6-11(7-15-12)13(16)17/h2-5,8,11-12,15H,6-7H2,1H3,(H,16,17). The molecule has 17 heavy (non-hydrogen) atoms. The van der Waals surface area contributed by atoms with Gasteiger partial charge in [-0.2, -0.15) is 0 Å². The second-order valence-corrected chi connectivity index (χ2v) is 4.51. The van der Waals surface area contributed by atoms with Crippen molar-refractivity contribution in [3.63, 3.8) is 0 Å². The van der Waals surface area contributed by atoms with Gasteiger partial charge in [0.25, 0.3) is 0 Å². The number of aliphatic carboxylic acids is 1. The van der Waals surface area contributed by atoms with Crippen LogP contribution in [-0.4, -0.2) is 17.6 Å². The molecule has 4 heteroatoms. The van der Waals surface area contributed by atoms with Gasteiger partial charge in [0.2, 0.25) is 0 Å². The van der Waals surface area contributed by atoms with E-state index in [1.165, 1.54) is 6.92 Å². The maximum absolute atomic E-state index is 13.0. The van der Waals surface area contributed by atoms with Crippen LogP contribution in [0.1, 0.15) is 36.7 Å². The summed E-state index contributed by atoms with van der Waals surface area (Å²) in [5.41, 5.74) is 1.68. The maximum Gasteiger partial charge on any atom is 0.307 e. The SMILES string of the molecule is CC(F)c1ccc(C2CC(C(=O)O)CN2)cc1. The minimum atomic E-state index is -0.965. The van der Waals surface area contributed by atoms with E-state index in [2.05, 4.69) is 5.32 Å². The van der Waals surface area contributed by atoms with E-state index in [1.807, 2.05) is 12.1 Å². The zero-order chi connectivity index (χ0) is 12.4. The normalized spacial score (nSPS) is 25.8. The molecule has 1 heterocycles. The summed E-state index contributed by atoms with van der Waals surface area (Å²) >= 11 is 0. The fourth-order valence-electron chi connectivity index (χ4n) is 2.17. The Morgan fingerprint density at radius 2 is 2.12 bits per heavy atom. The lowest BCUT2D eigenvalue weighted by Crippen LogP contribution is -2.17. The molecule has 2 N–H and O–H groups in total. The highest BCUT2D eigenvalue weighted by Crippen LogP contribution is 2.28. The Bertz CT molecular complexity index is 402. The molecule has 0 radical (unpaired) electrons. The number of hydrogen-bond acceptors (Lipinski definition) is 2. The van der Waals surface area contributed by atoms with Crippen LogP contribution >= 0.6 is 0 Å². The van der Waals surface area contributed by atoms with Crippen molar-refractivity contribution in [2.24, 2.45) is 5.92 Å². The average Bonchev–Trinajstić information content (AvgIpc) is 2.78. The van der Waals surface area contributed by atoms with E-state index < -0.39 is 12.1 Å². The Morgan fingerprint density at radius 3 is 2.59 bits per heavy atom. The Kier molecular flexibility index (Phi) is 3.43. The molecular weight excluding hydrogens is 221 g/mol. The van der Waals surface area contributed by atoms with Crippen LogP contribution in [0.3, 0.4) is 0 Å². The predicted octanol–water partition coefficient (Wildman–Crippen LogP) is 2.45. The third-order valence-corrected chi connectivity index (χ3v) is 3.28. The molecule has 1 fully saturated rings. The second kappa shape index (κ2) is 4.84. The van der Waals surface area contributed by atoms with Crippen molar-refractivity contribution in [1.82, 2.24) is 5.32 Å². The first-order chi connectivity index (χ1) is 8.08. The van der Waals surface area contributed by atoms with Crippen molar-refractivity contribution in [3.05, 3.63) is 35.4 Å². The lowest BCUT2D eigenvalue weighted by Gasteiger charge is -2.11. The van der Waals surface area contributed by atoms with Crippen molar-refractivity contribution >= 4 is 5.97 Å². The summed E-state index contributed by atoms with van der Waals surface area (Å²) in [6.45, 7) is 2.00. The van der Waals surface area contributed by atoms with Crippen LogP contribution in [0.5, 0.6) is 0 Å². The zero-order valence-corrected chi connectivity index (χ0v) is 9.69. The van der Waals surface area contributed by atoms with E-state index in [0.717, 1.165) is 5.56 Å². The number of rotatable bonds is 3. The Morgan fingerprint density at radius 1 is 1.47 bits per heavy atom. The maximum atomic E-state index is 13.0. The molecule has 1 saturated heterocycles. The van der Waals surface area contributed by atoms with Crippen molar-refractivity contribution < 1.29 is 14.3 Å². The van der Waals surface area contributed by atoms with E-state index in [9.17, 15) is 9.18 Å². The van der Waals surface area contributed by atoms with Gasteiger partial charge in [0.15, 0.2) is 0 Å². The zero-order valence-electron chi connectivity index (χ0n) is 9.69. The number of carbonyl (C=O) groups is 1. The smallest absolute Gasteiger partial charge is 0.307 e. The van der Waals surface area contributed by atoms with Gasteiger partial charge in [-0.05, 0) is 24.5 Å². The molecule has 0 saturated carbocycles. The Hall–Kier alpha value is -1.42. The number of carboxylic acid groups (broad SMARTS) is 1. The van der Waals surface area contributed by atoms with Crippen LogP contribution in [0, 0.1) is 5.92 Å². The van der Waals surface area contributed by atoms with Crippen LogP contribution in [0.4, 0.5) is 4.39 Å². The van der Waals surface area contributed by atoms with Gasteiger partial charge in [-0.25, -0.2) is 4.39 Å². The van der Waals surface area contributed by atoms with Gasteiger partial charge in [0.1, 0.15) is 6.17 Å². The number of benzene rings is 1. The number of nitrogens with one attached hydrogen (secondary N) is 1. The highest BCUT2D eigenvalue weighted by Gasteiger charge is 2.29. The fourth-order valence-corrected chi connectivity index (χ4v) is 2.17. The van der Waals surface area contributed by atoms with Crippen molar-refractivity contribution in [2.45, 2.75) is 25.6 Å². The van der Waals surface area contributed by atoms with E-state index in [4.69, 9.17) is 5.11 Å².